The largest absolute Gasteiger partial charge is 0.455 e. The van der Waals surface area contributed by atoms with Gasteiger partial charge in [-0.15, -0.1) is 11.3 Å². The van der Waals surface area contributed by atoms with Crippen molar-refractivity contribution < 1.29 is 14.3 Å². The van der Waals surface area contributed by atoms with Crippen LogP contribution in [-0.2, 0) is 14.3 Å². The molecule has 144 valence electrons. The summed E-state index contributed by atoms with van der Waals surface area (Å²) >= 11 is 1.58. The van der Waals surface area contributed by atoms with Gasteiger partial charge in [-0.05, 0) is 29.7 Å². The third kappa shape index (κ3) is 4.84. The third-order valence-corrected chi connectivity index (χ3v) is 4.98. The highest BCUT2D eigenvalue weighted by Gasteiger charge is 2.22. The highest BCUT2D eigenvalue weighted by atomic mass is 32.1. The standard InChI is InChI=1S/C22H22N2O3S/c1-22(2,3)19(25)15-27-20(26)12-11-16-14-24(17-8-5-4-6-9-17)23-21(16)18-10-7-13-28-18/h4-14H,15H2,1-3H3. The summed E-state index contributed by atoms with van der Waals surface area (Å²) in [6.45, 7) is 5.16. The van der Waals surface area contributed by atoms with Crippen molar-refractivity contribution in [3.8, 4) is 16.3 Å². The van der Waals surface area contributed by atoms with Gasteiger partial charge in [0.05, 0.1) is 10.6 Å². The molecule has 0 atom stereocenters. The van der Waals surface area contributed by atoms with Gasteiger partial charge in [-0.1, -0.05) is 45.0 Å². The summed E-state index contributed by atoms with van der Waals surface area (Å²) in [4.78, 5) is 24.9. The van der Waals surface area contributed by atoms with E-state index in [0.29, 0.717) is 0 Å². The van der Waals surface area contributed by atoms with E-state index in [0.717, 1.165) is 21.8 Å². The van der Waals surface area contributed by atoms with E-state index < -0.39 is 11.4 Å². The smallest absolute Gasteiger partial charge is 0.331 e. The molecule has 28 heavy (non-hydrogen) atoms. The fourth-order valence-electron chi connectivity index (χ4n) is 2.39. The number of hydrogen-bond acceptors (Lipinski definition) is 5. The molecule has 0 N–H and O–H groups in total. The van der Waals surface area contributed by atoms with E-state index in [9.17, 15) is 9.59 Å². The number of Topliss-reactive ketones (excluding diaryl/α,β-unsaturated/α-hetero) is 1. The molecule has 3 rings (SSSR count). The van der Waals surface area contributed by atoms with Crippen molar-refractivity contribution >= 4 is 29.2 Å². The highest BCUT2D eigenvalue weighted by Crippen LogP contribution is 2.28. The molecule has 0 saturated heterocycles. The lowest BCUT2D eigenvalue weighted by Crippen LogP contribution is -2.25. The van der Waals surface area contributed by atoms with Crippen LogP contribution in [0.15, 0.2) is 60.1 Å². The summed E-state index contributed by atoms with van der Waals surface area (Å²) in [6.07, 6.45) is 4.87. The lowest BCUT2D eigenvalue weighted by molar-refractivity contribution is -0.145. The lowest BCUT2D eigenvalue weighted by Gasteiger charge is -2.15. The Kier molecular flexibility index (Phi) is 5.90. The van der Waals surface area contributed by atoms with Crippen molar-refractivity contribution in [2.75, 3.05) is 6.61 Å². The Bertz CT molecular complexity index is 981. The highest BCUT2D eigenvalue weighted by molar-refractivity contribution is 7.13. The van der Waals surface area contributed by atoms with E-state index in [-0.39, 0.29) is 12.4 Å². The quantitative estimate of drug-likeness (QED) is 0.446. The Morgan fingerprint density at radius 1 is 1.14 bits per heavy atom. The molecule has 0 aliphatic heterocycles. The maximum atomic E-state index is 12.0. The molecular weight excluding hydrogens is 372 g/mol. The zero-order valence-electron chi connectivity index (χ0n) is 16.1. The van der Waals surface area contributed by atoms with Crippen LogP contribution in [0.4, 0.5) is 0 Å². The van der Waals surface area contributed by atoms with Crippen LogP contribution >= 0.6 is 11.3 Å². The van der Waals surface area contributed by atoms with E-state index in [4.69, 9.17) is 4.74 Å². The van der Waals surface area contributed by atoms with Gasteiger partial charge in [-0.25, -0.2) is 9.48 Å². The van der Waals surface area contributed by atoms with Crippen LogP contribution in [0, 0.1) is 5.41 Å². The first-order valence-corrected chi connectivity index (χ1v) is 9.79. The molecule has 0 amide bonds. The minimum absolute atomic E-state index is 0.120. The third-order valence-electron chi connectivity index (χ3n) is 4.10. The summed E-state index contributed by atoms with van der Waals surface area (Å²) < 4.78 is 6.86. The van der Waals surface area contributed by atoms with E-state index >= 15 is 0 Å². The molecule has 0 saturated carbocycles. The number of esters is 1. The van der Waals surface area contributed by atoms with E-state index in [1.165, 1.54) is 6.08 Å². The second-order valence-electron chi connectivity index (χ2n) is 7.30. The van der Waals surface area contributed by atoms with E-state index in [2.05, 4.69) is 5.10 Å². The van der Waals surface area contributed by atoms with Gasteiger partial charge in [-0.2, -0.15) is 5.10 Å². The van der Waals surface area contributed by atoms with Crippen LogP contribution in [-0.4, -0.2) is 28.1 Å². The predicted molar refractivity (Wildman–Crippen MR) is 111 cm³/mol. The minimum Gasteiger partial charge on any atom is -0.455 e. The van der Waals surface area contributed by atoms with Crippen molar-refractivity contribution in [2.45, 2.75) is 20.8 Å². The monoisotopic (exact) mass is 394 g/mol. The molecule has 0 aliphatic rings. The van der Waals surface area contributed by atoms with Gasteiger partial charge >= 0.3 is 5.97 Å². The summed E-state index contributed by atoms with van der Waals surface area (Å²) in [6, 6.07) is 13.7. The van der Waals surface area contributed by atoms with Crippen molar-refractivity contribution in [1.82, 2.24) is 9.78 Å². The first-order chi connectivity index (χ1) is 13.3. The van der Waals surface area contributed by atoms with Crippen LogP contribution in [0.1, 0.15) is 26.3 Å². The number of ketones is 1. The first kappa shape index (κ1) is 19.8. The van der Waals surface area contributed by atoms with Crippen LogP contribution < -0.4 is 0 Å². The molecule has 0 radical (unpaired) electrons. The molecule has 0 fully saturated rings. The van der Waals surface area contributed by atoms with Crippen molar-refractivity contribution in [3.05, 3.63) is 65.7 Å². The second kappa shape index (κ2) is 8.35. The minimum atomic E-state index is -0.554. The number of thiophene rings is 1. The molecule has 6 heteroatoms. The molecule has 2 aromatic heterocycles. The molecule has 0 bridgehead atoms. The van der Waals surface area contributed by atoms with E-state index in [1.807, 2.05) is 54.0 Å². The molecule has 0 aliphatic carbocycles. The normalized spacial score (nSPS) is 11.7. The zero-order chi connectivity index (χ0) is 20.1. The number of benzene rings is 1. The number of ether oxygens (including phenoxy) is 1. The number of para-hydroxylation sites is 1. The van der Waals surface area contributed by atoms with Crippen LogP contribution in [0.2, 0.25) is 0 Å². The fourth-order valence-corrected chi connectivity index (χ4v) is 3.12. The molecule has 5 nitrogen and oxygen atoms in total. The summed E-state index contributed by atoms with van der Waals surface area (Å²) in [7, 11) is 0. The Hall–Kier alpha value is -2.99. The number of aromatic nitrogens is 2. The number of hydrogen-bond donors (Lipinski definition) is 0. The molecule has 3 aromatic rings. The van der Waals surface area contributed by atoms with Gasteiger partial charge in [0.25, 0.3) is 0 Å². The van der Waals surface area contributed by atoms with Crippen LogP contribution in [0.3, 0.4) is 0 Å². The first-order valence-electron chi connectivity index (χ1n) is 8.92. The maximum Gasteiger partial charge on any atom is 0.331 e. The van der Waals surface area contributed by atoms with E-state index in [1.54, 1.807) is 42.9 Å². The van der Waals surface area contributed by atoms with Gasteiger partial charge in [0, 0.05) is 23.3 Å². The Balaban J connectivity index is 1.80. The molecular formula is C22H22N2O3S. The Morgan fingerprint density at radius 2 is 1.89 bits per heavy atom. The van der Waals surface area contributed by atoms with Crippen molar-refractivity contribution in [3.63, 3.8) is 0 Å². The van der Waals surface area contributed by atoms with Gasteiger partial charge in [0.2, 0.25) is 0 Å². The topological polar surface area (TPSA) is 61.2 Å². The van der Waals surface area contributed by atoms with Gasteiger partial charge < -0.3 is 4.74 Å². The SMILES string of the molecule is CC(C)(C)C(=O)COC(=O)C=Cc1cn(-c2ccccc2)nc1-c1cccs1. The van der Waals surface area contributed by atoms with Gasteiger partial charge in [0.15, 0.2) is 12.4 Å². The average molecular weight is 394 g/mol. The molecule has 2 heterocycles. The molecule has 0 unspecified atom stereocenters. The van der Waals surface area contributed by atoms with Crippen LogP contribution in [0.5, 0.6) is 0 Å². The zero-order valence-corrected chi connectivity index (χ0v) is 16.9. The van der Waals surface area contributed by atoms with Gasteiger partial charge in [-0.3, -0.25) is 4.79 Å². The lowest BCUT2D eigenvalue weighted by atomic mass is 9.91. The van der Waals surface area contributed by atoms with Crippen LogP contribution in [0.25, 0.3) is 22.3 Å². The Morgan fingerprint density at radius 3 is 2.54 bits per heavy atom. The van der Waals surface area contributed by atoms with Crippen molar-refractivity contribution in [1.29, 1.82) is 0 Å². The number of rotatable bonds is 6. The fraction of sp³-hybridized carbons (Fsp3) is 0.227. The number of carbonyl (C=O) groups is 2. The maximum absolute atomic E-state index is 12.0. The second-order valence-corrected chi connectivity index (χ2v) is 8.25. The molecule has 1 aromatic carbocycles. The van der Waals surface area contributed by atoms with Gasteiger partial charge in [0.1, 0.15) is 5.69 Å². The summed E-state index contributed by atoms with van der Waals surface area (Å²) in [5.41, 5.74) is 1.98. The number of carbonyl (C=O) groups excluding carboxylic acids is 2. The van der Waals surface area contributed by atoms with Crippen molar-refractivity contribution in [2.24, 2.45) is 5.41 Å². The molecule has 0 spiro atoms. The Labute approximate surface area is 168 Å². The predicted octanol–water partition coefficient (Wildman–Crippen LogP) is 4.77. The number of nitrogens with zero attached hydrogens (tertiary/aromatic N) is 2. The summed E-state index contributed by atoms with van der Waals surface area (Å²) in [5.74, 6) is -0.674. The summed E-state index contributed by atoms with van der Waals surface area (Å²) in [5, 5.41) is 6.66. The average Bonchev–Trinajstić information content (AvgIpc) is 3.33.